The van der Waals surface area contributed by atoms with Gasteiger partial charge in [0.25, 0.3) is 0 Å². The summed E-state index contributed by atoms with van der Waals surface area (Å²) >= 11 is 1.63. The SMILES string of the molecule is Cc1nc(CC2CCN(C(=O)CC3CCCCC3)CC2)cc(Nc2ncc(C)s2)n1. The van der Waals surface area contributed by atoms with Crippen molar-refractivity contribution in [2.24, 2.45) is 11.8 Å². The van der Waals surface area contributed by atoms with Crippen molar-refractivity contribution >= 4 is 28.2 Å². The second-order valence-electron chi connectivity index (χ2n) is 8.93. The molecule has 7 heteroatoms. The molecule has 0 bridgehead atoms. The van der Waals surface area contributed by atoms with Crippen molar-refractivity contribution in [1.29, 1.82) is 0 Å². The average molecular weight is 428 g/mol. The molecule has 2 fully saturated rings. The molecule has 3 heterocycles. The van der Waals surface area contributed by atoms with Crippen LogP contribution in [0.1, 0.15) is 67.8 Å². The van der Waals surface area contributed by atoms with Gasteiger partial charge in [-0.3, -0.25) is 4.79 Å². The first-order valence-corrected chi connectivity index (χ1v) is 12.2. The minimum atomic E-state index is 0.378. The molecule has 1 aliphatic heterocycles. The van der Waals surface area contributed by atoms with Crippen LogP contribution in [-0.4, -0.2) is 38.8 Å². The van der Waals surface area contributed by atoms with Crippen LogP contribution >= 0.6 is 11.3 Å². The van der Waals surface area contributed by atoms with Crippen LogP contribution in [0, 0.1) is 25.7 Å². The zero-order valence-electron chi connectivity index (χ0n) is 18.2. The molecule has 1 saturated heterocycles. The highest BCUT2D eigenvalue weighted by atomic mass is 32.1. The Kier molecular flexibility index (Phi) is 6.97. The standard InChI is InChI=1S/C23H33N5OS/c1-16-15-24-23(30-16)27-21-14-20(25-17(2)26-21)12-19-8-10-28(11-9-19)22(29)13-18-6-4-3-5-7-18/h14-15,18-19H,3-13H2,1-2H3,(H,24,25,26,27). The summed E-state index contributed by atoms with van der Waals surface area (Å²) in [7, 11) is 0. The molecule has 2 aliphatic rings. The molecule has 4 rings (SSSR count). The van der Waals surface area contributed by atoms with Crippen LogP contribution in [0.25, 0.3) is 0 Å². The lowest BCUT2D eigenvalue weighted by Crippen LogP contribution is -2.39. The maximum absolute atomic E-state index is 12.7. The van der Waals surface area contributed by atoms with E-state index in [1.165, 1.54) is 37.0 Å². The van der Waals surface area contributed by atoms with Crippen LogP contribution < -0.4 is 5.32 Å². The predicted molar refractivity (Wildman–Crippen MR) is 121 cm³/mol. The molecule has 1 N–H and O–H groups in total. The van der Waals surface area contributed by atoms with Gasteiger partial charge in [0.2, 0.25) is 5.91 Å². The van der Waals surface area contributed by atoms with Gasteiger partial charge in [0.1, 0.15) is 11.6 Å². The molecule has 2 aromatic rings. The van der Waals surface area contributed by atoms with Gasteiger partial charge in [0.15, 0.2) is 5.13 Å². The summed E-state index contributed by atoms with van der Waals surface area (Å²) in [6.45, 7) is 5.77. The maximum Gasteiger partial charge on any atom is 0.222 e. The van der Waals surface area contributed by atoms with Crippen LogP contribution in [0.3, 0.4) is 0 Å². The lowest BCUT2D eigenvalue weighted by molar-refractivity contribution is -0.133. The number of aromatic nitrogens is 3. The summed E-state index contributed by atoms with van der Waals surface area (Å²) in [5, 5.41) is 4.17. The fraction of sp³-hybridized carbons (Fsp3) is 0.652. The molecule has 0 unspecified atom stereocenters. The molecule has 1 amide bonds. The van der Waals surface area contributed by atoms with Crippen LogP contribution in [0.4, 0.5) is 10.9 Å². The van der Waals surface area contributed by atoms with Crippen molar-refractivity contribution in [3.05, 3.63) is 28.7 Å². The highest BCUT2D eigenvalue weighted by Crippen LogP contribution is 2.29. The Balaban J connectivity index is 1.28. The summed E-state index contributed by atoms with van der Waals surface area (Å²) in [6.07, 6.45) is 12.1. The minimum Gasteiger partial charge on any atom is -0.343 e. The Bertz CT molecular complexity index is 853. The molecule has 0 spiro atoms. The first kappa shape index (κ1) is 21.2. The number of nitrogens with zero attached hydrogens (tertiary/aromatic N) is 4. The van der Waals surface area contributed by atoms with Gasteiger partial charge < -0.3 is 10.2 Å². The Morgan fingerprint density at radius 2 is 1.87 bits per heavy atom. The van der Waals surface area contributed by atoms with E-state index in [2.05, 4.69) is 25.2 Å². The minimum absolute atomic E-state index is 0.378. The Hall–Kier alpha value is -2.02. The number of aryl methyl sites for hydroxylation is 2. The summed E-state index contributed by atoms with van der Waals surface area (Å²) in [5.74, 6) is 3.17. The zero-order chi connectivity index (χ0) is 20.9. The number of amides is 1. The van der Waals surface area contributed by atoms with E-state index >= 15 is 0 Å². The predicted octanol–water partition coefficient (Wildman–Crippen LogP) is 5.05. The highest BCUT2D eigenvalue weighted by Gasteiger charge is 2.26. The quantitative estimate of drug-likeness (QED) is 0.699. The van der Waals surface area contributed by atoms with Gasteiger partial charge in [-0.05, 0) is 57.8 Å². The normalized spacial score (nSPS) is 18.5. The number of anilines is 2. The monoisotopic (exact) mass is 427 g/mol. The number of piperidine rings is 1. The molecule has 2 aromatic heterocycles. The smallest absolute Gasteiger partial charge is 0.222 e. The van der Waals surface area contributed by atoms with E-state index in [1.807, 2.05) is 26.1 Å². The number of carbonyl (C=O) groups excluding carboxylic acids is 1. The molecule has 0 atom stereocenters. The van der Waals surface area contributed by atoms with Crippen molar-refractivity contribution in [1.82, 2.24) is 19.9 Å². The van der Waals surface area contributed by atoms with E-state index in [-0.39, 0.29) is 0 Å². The summed E-state index contributed by atoms with van der Waals surface area (Å²) in [4.78, 5) is 29.5. The number of likely N-dealkylation sites (tertiary alicyclic amines) is 1. The first-order chi connectivity index (χ1) is 14.5. The van der Waals surface area contributed by atoms with E-state index in [9.17, 15) is 4.79 Å². The zero-order valence-corrected chi connectivity index (χ0v) is 19.0. The Labute approximate surface area is 183 Å². The Morgan fingerprint density at radius 1 is 1.10 bits per heavy atom. The maximum atomic E-state index is 12.7. The van der Waals surface area contributed by atoms with Gasteiger partial charge in [-0.2, -0.15) is 0 Å². The van der Waals surface area contributed by atoms with Gasteiger partial charge in [-0.1, -0.05) is 19.3 Å². The highest BCUT2D eigenvalue weighted by molar-refractivity contribution is 7.15. The third-order valence-electron chi connectivity index (χ3n) is 6.40. The first-order valence-electron chi connectivity index (χ1n) is 11.4. The van der Waals surface area contributed by atoms with Gasteiger partial charge in [0.05, 0.1) is 0 Å². The van der Waals surface area contributed by atoms with Crippen molar-refractivity contribution in [2.45, 2.75) is 71.6 Å². The number of carbonyl (C=O) groups is 1. The molecule has 0 aromatic carbocycles. The van der Waals surface area contributed by atoms with Gasteiger partial charge >= 0.3 is 0 Å². The van der Waals surface area contributed by atoms with Crippen molar-refractivity contribution in [3.8, 4) is 0 Å². The van der Waals surface area contributed by atoms with Gasteiger partial charge in [-0.15, -0.1) is 11.3 Å². The van der Waals surface area contributed by atoms with Crippen LogP contribution in [-0.2, 0) is 11.2 Å². The average Bonchev–Trinajstić information content (AvgIpc) is 3.13. The van der Waals surface area contributed by atoms with E-state index in [4.69, 9.17) is 0 Å². The van der Waals surface area contributed by atoms with Crippen LogP contribution in [0.15, 0.2) is 12.3 Å². The summed E-state index contributed by atoms with van der Waals surface area (Å²) in [6, 6.07) is 2.05. The van der Waals surface area contributed by atoms with Crippen molar-refractivity contribution in [3.63, 3.8) is 0 Å². The van der Waals surface area contributed by atoms with Crippen molar-refractivity contribution < 1.29 is 4.79 Å². The molecule has 30 heavy (non-hydrogen) atoms. The van der Waals surface area contributed by atoms with E-state index < -0.39 is 0 Å². The van der Waals surface area contributed by atoms with Crippen LogP contribution in [0.5, 0.6) is 0 Å². The van der Waals surface area contributed by atoms with Crippen molar-refractivity contribution in [2.75, 3.05) is 18.4 Å². The number of hydrogen-bond donors (Lipinski definition) is 1. The van der Waals surface area contributed by atoms with Gasteiger partial charge in [-0.25, -0.2) is 15.0 Å². The molecule has 6 nitrogen and oxygen atoms in total. The molecule has 1 aliphatic carbocycles. The molecule has 0 radical (unpaired) electrons. The number of rotatable bonds is 6. The molecular weight excluding hydrogens is 394 g/mol. The molecule has 1 saturated carbocycles. The van der Waals surface area contributed by atoms with Gasteiger partial charge in [0, 0.05) is 42.3 Å². The second kappa shape index (κ2) is 9.86. The summed E-state index contributed by atoms with van der Waals surface area (Å²) in [5.41, 5.74) is 1.07. The Morgan fingerprint density at radius 3 is 2.57 bits per heavy atom. The van der Waals surface area contributed by atoms with E-state index in [1.54, 1.807) is 11.3 Å². The lowest BCUT2D eigenvalue weighted by atomic mass is 9.86. The lowest BCUT2D eigenvalue weighted by Gasteiger charge is -2.33. The summed E-state index contributed by atoms with van der Waals surface area (Å²) < 4.78 is 0. The third kappa shape index (κ3) is 5.78. The number of thiazole rings is 1. The fourth-order valence-electron chi connectivity index (χ4n) is 4.77. The molecular formula is C23H33N5OS. The van der Waals surface area contributed by atoms with E-state index in [0.29, 0.717) is 17.7 Å². The van der Waals surface area contributed by atoms with Crippen LogP contribution in [0.2, 0.25) is 0 Å². The number of nitrogens with one attached hydrogen (secondary N) is 1. The topological polar surface area (TPSA) is 71.0 Å². The number of hydrogen-bond acceptors (Lipinski definition) is 6. The second-order valence-corrected chi connectivity index (χ2v) is 10.2. The largest absolute Gasteiger partial charge is 0.343 e. The molecule has 162 valence electrons. The van der Waals surface area contributed by atoms with E-state index in [0.717, 1.165) is 61.2 Å². The fourth-order valence-corrected chi connectivity index (χ4v) is 5.44. The third-order valence-corrected chi connectivity index (χ3v) is 7.23.